The second-order valence-electron chi connectivity index (χ2n) is 9.44. The smallest absolute Gasteiger partial charge is 0.253 e. The van der Waals surface area contributed by atoms with Gasteiger partial charge in [0.2, 0.25) is 12.5 Å². The van der Waals surface area contributed by atoms with E-state index in [0.29, 0.717) is 28.6 Å². The molecule has 1 fully saturated rings. The average Bonchev–Trinajstić information content (AvgIpc) is 3.57. The zero-order chi connectivity index (χ0) is 24.8. The molecule has 4 heterocycles. The molecule has 0 bridgehead atoms. The van der Waals surface area contributed by atoms with Crippen molar-refractivity contribution in [3.8, 4) is 22.9 Å². The largest absolute Gasteiger partial charge is 0.492 e. The average molecular weight is 492 g/mol. The zero-order valence-corrected chi connectivity index (χ0v) is 20.7. The highest BCUT2D eigenvalue weighted by atomic mass is 16.7. The minimum absolute atomic E-state index is 0.0494. The van der Waals surface area contributed by atoms with Gasteiger partial charge in [-0.2, -0.15) is 4.68 Å². The van der Waals surface area contributed by atoms with E-state index in [4.69, 9.17) is 14.2 Å². The summed E-state index contributed by atoms with van der Waals surface area (Å²) in [7, 11) is 5.77. The molecule has 3 aromatic rings. The lowest BCUT2D eigenvalue weighted by Gasteiger charge is -2.34. The molecule has 1 aromatic heterocycles. The molecule has 1 amide bonds. The van der Waals surface area contributed by atoms with Crippen molar-refractivity contribution in [2.24, 2.45) is 0 Å². The number of carbonyl (C=O) groups excluding carboxylic acids is 1. The zero-order valence-electron chi connectivity index (χ0n) is 20.7. The first-order chi connectivity index (χ1) is 17.5. The van der Waals surface area contributed by atoms with Crippen molar-refractivity contribution in [3.63, 3.8) is 0 Å². The quantitative estimate of drug-likeness (QED) is 0.536. The molecule has 3 aliphatic rings. The predicted molar refractivity (Wildman–Crippen MR) is 130 cm³/mol. The van der Waals surface area contributed by atoms with Crippen molar-refractivity contribution in [1.82, 2.24) is 34.9 Å². The Labute approximate surface area is 209 Å². The Morgan fingerprint density at radius 2 is 1.83 bits per heavy atom. The van der Waals surface area contributed by atoms with Gasteiger partial charge >= 0.3 is 0 Å². The highest BCUT2D eigenvalue weighted by Gasteiger charge is 2.37. The van der Waals surface area contributed by atoms with Crippen LogP contribution in [0.25, 0.3) is 5.69 Å². The SMILES string of the molecule is COc1c2c(cc3c1[C@@H](c1nnnn1-c1ccc(C(=O)N4CCN(C)CC4)cc1)N(C)CC3)OCO2. The van der Waals surface area contributed by atoms with E-state index in [-0.39, 0.29) is 18.7 Å². The summed E-state index contributed by atoms with van der Waals surface area (Å²) in [5.41, 5.74) is 3.55. The van der Waals surface area contributed by atoms with Crippen LogP contribution in [0.5, 0.6) is 17.2 Å². The number of carbonyl (C=O) groups is 1. The molecule has 0 radical (unpaired) electrons. The van der Waals surface area contributed by atoms with Crippen molar-refractivity contribution >= 4 is 5.91 Å². The minimum atomic E-state index is -0.250. The van der Waals surface area contributed by atoms with Gasteiger partial charge in [0.15, 0.2) is 17.3 Å². The van der Waals surface area contributed by atoms with Crippen LogP contribution in [-0.4, -0.2) is 102 Å². The molecular formula is C25H29N7O4. The van der Waals surface area contributed by atoms with E-state index in [1.54, 1.807) is 11.8 Å². The molecule has 11 nitrogen and oxygen atoms in total. The maximum absolute atomic E-state index is 13.0. The van der Waals surface area contributed by atoms with E-state index >= 15 is 0 Å². The third kappa shape index (κ3) is 3.75. The summed E-state index contributed by atoms with van der Waals surface area (Å²) >= 11 is 0. The lowest BCUT2D eigenvalue weighted by Crippen LogP contribution is -2.47. The lowest BCUT2D eigenvalue weighted by atomic mass is 9.90. The molecule has 0 aliphatic carbocycles. The first-order valence-electron chi connectivity index (χ1n) is 12.1. The molecule has 11 heteroatoms. The molecule has 36 heavy (non-hydrogen) atoms. The Kier molecular flexibility index (Phi) is 5.73. The van der Waals surface area contributed by atoms with E-state index in [1.807, 2.05) is 35.2 Å². The van der Waals surface area contributed by atoms with Crippen molar-refractivity contribution in [1.29, 1.82) is 0 Å². The van der Waals surface area contributed by atoms with E-state index in [2.05, 4.69) is 39.4 Å². The fourth-order valence-corrected chi connectivity index (χ4v) is 5.24. The number of fused-ring (bicyclic) bond motifs is 2. The molecule has 0 N–H and O–H groups in total. The van der Waals surface area contributed by atoms with Gasteiger partial charge in [-0.15, -0.1) is 5.10 Å². The van der Waals surface area contributed by atoms with Crippen molar-refractivity contribution in [2.45, 2.75) is 12.5 Å². The van der Waals surface area contributed by atoms with E-state index < -0.39 is 0 Å². The number of likely N-dealkylation sites (N-methyl/N-ethyl adjacent to an activating group) is 2. The number of rotatable bonds is 4. The van der Waals surface area contributed by atoms with Crippen LogP contribution in [0, 0.1) is 0 Å². The predicted octanol–water partition coefficient (Wildman–Crippen LogP) is 1.36. The summed E-state index contributed by atoms with van der Waals surface area (Å²) in [5.74, 6) is 2.68. The number of hydrogen-bond donors (Lipinski definition) is 0. The normalized spacial score (nSPS) is 19.9. The molecule has 1 saturated heterocycles. The molecule has 3 aliphatic heterocycles. The second kappa shape index (κ2) is 9.07. The number of amides is 1. The van der Waals surface area contributed by atoms with E-state index in [1.165, 1.54) is 0 Å². The number of piperazine rings is 1. The Hall–Kier alpha value is -3.70. The number of methoxy groups -OCH3 is 1. The fraction of sp³-hybridized carbons (Fsp3) is 0.440. The molecule has 2 aromatic carbocycles. The van der Waals surface area contributed by atoms with Crippen LogP contribution in [0.2, 0.25) is 0 Å². The Balaban J connectivity index is 1.34. The standard InChI is InChI=1S/C25H29N7O4/c1-29-10-12-31(13-11-29)25(33)16-4-6-18(7-5-16)32-24(26-27-28-32)21-20-17(8-9-30(21)2)14-19-22(23(20)34-3)36-15-35-19/h4-7,14,21H,8-13,15H2,1-3H3/t21-/m0/s1. The van der Waals surface area contributed by atoms with Crippen LogP contribution in [0.15, 0.2) is 30.3 Å². The summed E-state index contributed by atoms with van der Waals surface area (Å²) in [6.45, 7) is 4.25. The van der Waals surface area contributed by atoms with Gasteiger partial charge in [-0.25, -0.2) is 0 Å². The van der Waals surface area contributed by atoms with Crippen molar-refractivity contribution in [3.05, 3.63) is 52.8 Å². The van der Waals surface area contributed by atoms with Gasteiger partial charge in [-0.1, -0.05) is 0 Å². The summed E-state index contributed by atoms with van der Waals surface area (Å²) in [4.78, 5) is 19.3. The molecule has 188 valence electrons. The molecule has 0 spiro atoms. The van der Waals surface area contributed by atoms with Crippen LogP contribution in [-0.2, 0) is 6.42 Å². The van der Waals surface area contributed by atoms with Gasteiger partial charge in [0.05, 0.1) is 12.8 Å². The third-order valence-corrected chi connectivity index (χ3v) is 7.28. The van der Waals surface area contributed by atoms with E-state index in [9.17, 15) is 4.79 Å². The number of ether oxygens (including phenoxy) is 3. The first kappa shape index (κ1) is 22.7. The molecule has 0 saturated carbocycles. The molecule has 0 unspecified atom stereocenters. The lowest BCUT2D eigenvalue weighted by molar-refractivity contribution is 0.0664. The monoisotopic (exact) mass is 491 g/mol. The van der Waals surface area contributed by atoms with Crippen molar-refractivity contribution < 1.29 is 19.0 Å². The highest BCUT2D eigenvalue weighted by molar-refractivity contribution is 5.94. The number of benzene rings is 2. The second-order valence-corrected chi connectivity index (χ2v) is 9.44. The van der Waals surface area contributed by atoms with Gasteiger partial charge < -0.3 is 24.0 Å². The number of aromatic nitrogens is 4. The maximum Gasteiger partial charge on any atom is 0.253 e. The first-order valence-corrected chi connectivity index (χ1v) is 12.1. The van der Waals surface area contributed by atoms with Gasteiger partial charge in [-0.05, 0) is 66.8 Å². The van der Waals surface area contributed by atoms with Crippen LogP contribution >= 0.6 is 0 Å². The summed E-state index contributed by atoms with van der Waals surface area (Å²) < 4.78 is 18.9. The van der Waals surface area contributed by atoms with E-state index in [0.717, 1.165) is 56.0 Å². The van der Waals surface area contributed by atoms with Crippen LogP contribution < -0.4 is 14.2 Å². The van der Waals surface area contributed by atoms with Gasteiger partial charge in [0.25, 0.3) is 5.91 Å². The number of tetrazole rings is 1. The summed E-state index contributed by atoms with van der Waals surface area (Å²) in [5, 5.41) is 12.7. The minimum Gasteiger partial charge on any atom is -0.492 e. The van der Waals surface area contributed by atoms with Gasteiger partial charge in [-0.3, -0.25) is 9.69 Å². The van der Waals surface area contributed by atoms with Crippen LogP contribution in [0.3, 0.4) is 0 Å². The Morgan fingerprint density at radius 1 is 1.06 bits per heavy atom. The third-order valence-electron chi connectivity index (χ3n) is 7.28. The van der Waals surface area contributed by atoms with Crippen LogP contribution in [0.4, 0.5) is 0 Å². The topological polar surface area (TPSA) is 98.1 Å². The summed E-state index contributed by atoms with van der Waals surface area (Å²) in [6.07, 6.45) is 0.847. The highest BCUT2D eigenvalue weighted by Crippen LogP contribution is 2.50. The Bertz CT molecular complexity index is 1280. The molecule has 1 atom stereocenters. The summed E-state index contributed by atoms with van der Waals surface area (Å²) in [6, 6.07) is 9.26. The molecular weight excluding hydrogens is 462 g/mol. The number of hydrogen-bond acceptors (Lipinski definition) is 9. The Morgan fingerprint density at radius 3 is 2.58 bits per heavy atom. The van der Waals surface area contributed by atoms with Gasteiger partial charge in [0, 0.05) is 43.9 Å². The van der Waals surface area contributed by atoms with Crippen molar-refractivity contribution in [2.75, 3.05) is 60.7 Å². The number of nitrogens with zero attached hydrogens (tertiary/aromatic N) is 7. The van der Waals surface area contributed by atoms with Gasteiger partial charge in [0.1, 0.15) is 6.04 Å². The maximum atomic E-state index is 13.0. The van der Waals surface area contributed by atoms with Crippen LogP contribution in [0.1, 0.15) is 33.4 Å². The fourth-order valence-electron chi connectivity index (χ4n) is 5.24. The molecule has 6 rings (SSSR count).